The molecule has 0 unspecified atom stereocenters. The van der Waals surface area contributed by atoms with Crippen LogP contribution in [0.15, 0.2) is 48.5 Å². The molecule has 0 saturated heterocycles. The van der Waals surface area contributed by atoms with Crippen LogP contribution in [0.1, 0.15) is 47.2 Å². The van der Waals surface area contributed by atoms with Crippen LogP contribution < -0.4 is 10.1 Å². The summed E-state index contributed by atoms with van der Waals surface area (Å²) in [7, 11) is 0. The van der Waals surface area contributed by atoms with Gasteiger partial charge in [0.25, 0.3) is 5.91 Å². The average Bonchev–Trinajstić information content (AvgIpc) is 3.28. The lowest BCUT2D eigenvalue weighted by atomic mass is 9.96. The molecule has 4 rings (SSSR count). The van der Waals surface area contributed by atoms with E-state index in [0.717, 1.165) is 12.1 Å². The average molecular weight is 510 g/mol. The smallest absolute Gasteiger partial charge is 0.416 e. The Morgan fingerprint density at radius 3 is 2.31 bits per heavy atom. The van der Waals surface area contributed by atoms with E-state index in [-0.39, 0.29) is 34.7 Å². The van der Waals surface area contributed by atoms with Crippen LogP contribution in [-0.4, -0.2) is 22.5 Å². The van der Waals surface area contributed by atoms with Gasteiger partial charge in [0.05, 0.1) is 11.1 Å². The summed E-state index contributed by atoms with van der Waals surface area (Å²) in [5.41, 5.74) is -2.77. The van der Waals surface area contributed by atoms with Crippen molar-refractivity contribution in [1.29, 1.82) is 0 Å². The number of carbonyl (C=O) groups is 2. The van der Waals surface area contributed by atoms with E-state index in [2.05, 4.69) is 5.32 Å². The molecule has 10 heteroatoms. The fourth-order valence-corrected chi connectivity index (χ4v) is 4.55. The number of hydrogen-bond acceptors (Lipinski definition) is 3. The molecule has 1 aliphatic carbocycles. The maximum Gasteiger partial charge on any atom is 0.416 e. The Morgan fingerprint density at radius 2 is 1.71 bits per heavy atom. The summed E-state index contributed by atoms with van der Waals surface area (Å²) in [4.78, 5) is 25.2. The molecule has 35 heavy (non-hydrogen) atoms. The zero-order valence-corrected chi connectivity index (χ0v) is 19.0. The van der Waals surface area contributed by atoms with Crippen molar-refractivity contribution in [2.45, 2.75) is 44.0 Å². The van der Waals surface area contributed by atoms with Gasteiger partial charge in [-0.05, 0) is 31.0 Å². The molecule has 1 saturated carbocycles. The first-order chi connectivity index (χ1) is 16.5. The SMILES string of the molecule is O=C(NC1(C(=O)O)CCCC1)c1cc(Cl)c2ccccc2c1OCc1ccc(C(F)(F)F)cc1F. The highest BCUT2D eigenvalue weighted by atomic mass is 35.5. The summed E-state index contributed by atoms with van der Waals surface area (Å²) in [5.74, 6) is -2.98. The van der Waals surface area contributed by atoms with Crippen molar-refractivity contribution in [1.82, 2.24) is 5.32 Å². The third kappa shape index (κ3) is 4.91. The van der Waals surface area contributed by atoms with Gasteiger partial charge >= 0.3 is 12.1 Å². The fraction of sp³-hybridized carbons (Fsp3) is 0.280. The van der Waals surface area contributed by atoms with E-state index in [1.165, 1.54) is 6.07 Å². The van der Waals surface area contributed by atoms with E-state index in [9.17, 15) is 32.3 Å². The molecule has 0 aliphatic heterocycles. The highest BCUT2D eigenvalue weighted by Gasteiger charge is 2.43. The third-order valence-electron chi connectivity index (χ3n) is 6.16. The quantitative estimate of drug-likeness (QED) is 0.379. The zero-order chi connectivity index (χ0) is 25.4. The first-order valence-electron chi connectivity index (χ1n) is 10.8. The molecule has 3 aromatic carbocycles. The molecule has 1 fully saturated rings. The van der Waals surface area contributed by atoms with Crippen LogP contribution in [0.5, 0.6) is 5.75 Å². The Labute approximate surface area is 202 Å². The van der Waals surface area contributed by atoms with Gasteiger partial charge in [-0.3, -0.25) is 4.79 Å². The van der Waals surface area contributed by atoms with Gasteiger partial charge in [0.1, 0.15) is 23.7 Å². The van der Waals surface area contributed by atoms with Gasteiger partial charge in [-0.2, -0.15) is 13.2 Å². The summed E-state index contributed by atoms with van der Waals surface area (Å²) in [6.45, 7) is -0.472. The molecule has 5 nitrogen and oxygen atoms in total. The van der Waals surface area contributed by atoms with Gasteiger partial charge < -0.3 is 15.2 Å². The van der Waals surface area contributed by atoms with Gasteiger partial charge in [-0.1, -0.05) is 54.8 Å². The van der Waals surface area contributed by atoms with Crippen LogP contribution in [0.3, 0.4) is 0 Å². The molecule has 0 bridgehead atoms. The zero-order valence-electron chi connectivity index (χ0n) is 18.2. The Bertz CT molecular complexity index is 1300. The van der Waals surface area contributed by atoms with Gasteiger partial charge in [0, 0.05) is 21.4 Å². The molecular formula is C25H20ClF4NO4. The van der Waals surface area contributed by atoms with Crippen molar-refractivity contribution < 1.29 is 37.0 Å². The highest BCUT2D eigenvalue weighted by molar-refractivity contribution is 6.36. The maximum absolute atomic E-state index is 14.4. The molecular weight excluding hydrogens is 490 g/mol. The number of nitrogens with one attached hydrogen (secondary N) is 1. The Morgan fingerprint density at radius 1 is 1.06 bits per heavy atom. The number of ether oxygens (including phenoxy) is 1. The van der Waals surface area contributed by atoms with Crippen LogP contribution in [0, 0.1) is 5.82 Å². The molecule has 0 heterocycles. The van der Waals surface area contributed by atoms with Crippen LogP contribution in [0.4, 0.5) is 17.6 Å². The van der Waals surface area contributed by atoms with E-state index in [1.807, 2.05) is 0 Å². The minimum atomic E-state index is -4.70. The number of hydrogen-bond donors (Lipinski definition) is 2. The van der Waals surface area contributed by atoms with Crippen molar-refractivity contribution in [3.8, 4) is 5.75 Å². The predicted molar refractivity (Wildman–Crippen MR) is 121 cm³/mol. The molecule has 0 aromatic heterocycles. The second-order valence-corrected chi connectivity index (χ2v) is 8.83. The molecule has 3 aromatic rings. The number of carboxylic acid groups (broad SMARTS) is 1. The lowest BCUT2D eigenvalue weighted by Crippen LogP contribution is -2.52. The summed E-state index contributed by atoms with van der Waals surface area (Å²) in [5, 5.41) is 13.5. The van der Waals surface area contributed by atoms with Gasteiger partial charge in [-0.15, -0.1) is 0 Å². The van der Waals surface area contributed by atoms with Gasteiger partial charge in [-0.25, -0.2) is 9.18 Å². The van der Waals surface area contributed by atoms with Crippen molar-refractivity contribution >= 4 is 34.2 Å². The van der Waals surface area contributed by atoms with Gasteiger partial charge in [0.2, 0.25) is 0 Å². The van der Waals surface area contributed by atoms with E-state index >= 15 is 0 Å². The Kier molecular flexibility index (Phi) is 6.64. The molecule has 184 valence electrons. The standard InChI is InChI=1S/C25H20ClF4NO4/c26-19-12-18(22(32)31-24(23(33)34)9-3-4-10-24)21(17-6-2-1-5-16(17)19)35-13-14-7-8-15(11-20(14)27)25(28,29)30/h1-2,5-8,11-12H,3-4,9-10,13H2,(H,31,32)(H,33,34). The van der Waals surface area contributed by atoms with Crippen molar-refractivity contribution in [3.05, 3.63) is 76.1 Å². The van der Waals surface area contributed by atoms with Gasteiger partial charge in [0.15, 0.2) is 0 Å². The molecule has 0 radical (unpaired) electrons. The number of aliphatic carboxylic acids is 1. The van der Waals surface area contributed by atoms with E-state index in [4.69, 9.17) is 16.3 Å². The number of fused-ring (bicyclic) bond motifs is 1. The number of carbonyl (C=O) groups excluding carboxylic acids is 1. The highest BCUT2D eigenvalue weighted by Crippen LogP contribution is 2.38. The molecule has 0 atom stereocenters. The molecule has 1 aliphatic rings. The summed E-state index contributed by atoms with van der Waals surface area (Å²) < 4.78 is 58.8. The van der Waals surface area contributed by atoms with E-state index < -0.39 is 41.6 Å². The van der Waals surface area contributed by atoms with Crippen LogP contribution in [0.25, 0.3) is 10.8 Å². The second kappa shape index (κ2) is 9.37. The summed E-state index contributed by atoms with van der Waals surface area (Å²) in [6, 6.07) is 10.1. The summed E-state index contributed by atoms with van der Waals surface area (Å²) in [6.07, 6.45) is -2.88. The van der Waals surface area contributed by atoms with Crippen LogP contribution >= 0.6 is 11.6 Å². The minimum Gasteiger partial charge on any atom is -0.487 e. The Hall–Kier alpha value is -3.33. The monoisotopic (exact) mass is 509 g/mol. The normalized spacial score (nSPS) is 15.2. The first-order valence-corrected chi connectivity index (χ1v) is 11.2. The number of benzene rings is 3. The first kappa shape index (κ1) is 24.8. The maximum atomic E-state index is 14.4. The lowest BCUT2D eigenvalue weighted by molar-refractivity contribution is -0.144. The van der Waals surface area contributed by atoms with Crippen molar-refractivity contribution in [3.63, 3.8) is 0 Å². The number of carboxylic acids is 1. The lowest BCUT2D eigenvalue weighted by Gasteiger charge is -2.26. The van der Waals surface area contributed by atoms with Crippen LogP contribution in [0.2, 0.25) is 5.02 Å². The summed E-state index contributed by atoms with van der Waals surface area (Å²) >= 11 is 6.38. The molecule has 0 spiro atoms. The van der Waals surface area contributed by atoms with Crippen molar-refractivity contribution in [2.24, 2.45) is 0 Å². The fourth-order valence-electron chi connectivity index (χ4n) is 4.27. The minimum absolute atomic E-state index is 0.0142. The number of halogens is 5. The topological polar surface area (TPSA) is 75.6 Å². The number of rotatable bonds is 6. The molecule has 2 N–H and O–H groups in total. The third-order valence-corrected chi connectivity index (χ3v) is 6.47. The van der Waals surface area contributed by atoms with E-state index in [0.29, 0.717) is 29.7 Å². The predicted octanol–water partition coefficient (Wildman–Crippen LogP) is 6.36. The molecule has 1 amide bonds. The largest absolute Gasteiger partial charge is 0.487 e. The van der Waals surface area contributed by atoms with Crippen LogP contribution in [-0.2, 0) is 17.6 Å². The number of amides is 1. The van der Waals surface area contributed by atoms with Crippen molar-refractivity contribution in [2.75, 3.05) is 0 Å². The number of alkyl halides is 3. The van der Waals surface area contributed by atoms with E-state index in [1.54, 1.807) is 24.3 Å². The second-order valence-electron chi connectivity index (χ2n) is 8.42. The Balaban J connectivity index is 1.71.